The largest absolute Gasteiger partial charge is 0.396 e. The number of rotatable bonds is 9. The number of likely N-dealkylation sites (N-methyl/N-ethyl adjacent to an activating group) is 1. The molecule has 1 saturated carbocycles. The molecule has 3 atom stereocenters. The van der Waals surface area contributed by atoms with E-state index < -0.39 is 0 Å². The second-order valence-electron chi connectivity index (χ2n) is 5.43. The van der Waals surface area contributed by atoms with Gasteiger partial charge >= 0.3 is 0 Å². The van der Waals surface area contributed by atoms with E-state index in [-0.39, 0.29) is 6.10 Å². The van der Waals surface area contributed by atoms with Crippen molar-refractivity contribution in [1.82, 2.24) is 10.2 Å². The second kappa shape index (κ2) is 8.86. The molecule has 0 aromatic rings. The predicted molar refractivity (Wildman–Crippen MR) is 74.6 cm³/mol. The number of nitrogens with zero attached hydrogens (tertiary/aromatic N) is 1. The van der Waals surface area contributed by atoms with Crippen molar-refractivity contribution in [3.63, 3.8) is 0 Å². The van der Waals surface area contributed by atoms with Gasteiger partial charge in [-0.2, -0.15) is 0 Å². The van der Waals surface area contributed by atoms with Crippen molar-refractivity contribution in [1.29, 1.82) is 0 Å². The van der Waals surface area contributed by atoms with Crippen molar-refractivity contribution in [3.05, 3.63) is 0 Å². The average molecular weight is 258 g/mol. The normalized spacial score (nSPS) is 25.8. The molecule has 1 fully saturated rings. The molecule has 0 radical (unpaired) electrons. The molecule has 108 valence electrons. The number of hydrogen-bond donors (Lipinski definition) is 3. The summed E-state index contributed by atoms with van der Waals surface area (Å²) in [7, 11) is 0. The third-order valence-corrected chi connectivity index (χ3v) is 4.20. The van der Waals surface area contributed by atoms with E-state index in [4.69, 9.17) is 0 Å². The minimum atomic E-state index is -0.293. The molecule has 1 rings (SSSR count). The van der Waals surface area contributed by atoms with Crippen molar-refractivity contribution in [3.8, 4) is 0 Å². The molecule has 18 heavy (non-hydrogen) atoms. The molecule has 0 bridgehead atoms. The van der Waals surface area contributed by atoms with E-state index in [1.54, 1.807) is 0 Å². The van der Waals surface area contributed by atoms with E-state index in [0.717, 1.165) is 32.6 Å². The minimum absolute atomic E-state index is 0.293. The summed E-state index contributed by atoms with van der Waals surface area (Å²) in [6, 6.07) is 0. The van der Waals surface area contributed by atoms with Crippen LogP contribution in [0.5, 0.6) is 0 Å². The fourth-order valence-electron chi connectivity index (χ4n) is 2.90. The first-order chi connectivity index (χ1) is 8.71. The Hall–Kier alpha value is -0.160. The van der Waals surface area contributed by atoms with E-state index in [9.17, 15) is 10.2 Å². The van der Waals surface area contributed by atoms with Crippen LogP contribution in [0.15, 0.2) is 0 Å². The van der Waals surface area contributed by atoms with Gasteiger partial charge in [-0.3, -0.25) is 0 Å². The zero-order valence-electron chi connectivity index (χ0n) is 11.9. The summed E-state index contributed by atoms with van der Waals surface area (Å²) in [6.07, 6.45) is 3.31. The topological polar surface area (TPSA) is 55.7 Å². The fraction of sp³-hybridized carbons (Fsp3) is 1.00. The van der Waals surface area contributed by atoms with Crippen molar-refractivity contribution in [2.45, 2.75) is 39.2 Å². The smallest absolute Gasteiger partial charge is 0.0791 e. The molecular formula is C14H30N2O2. The van der Waals surface area contributed by atoms with Crippen molar-refractivity contribution in [2.24, 2.45) is 11.8 Å². The van der Waals surface area contributed by atoms with Crippen molar-refractivity contribution < 1.29 is 10.2 Å². The Morgan fingerprint density at radius 3 is 2.50 bits per heavy atom. The number of aliphatic hydroxyl groups excluding tert-OH is 2. The average Bonchev–Trinajstić information content (AvgIpc) is 2.83. The van der Waals surface area contributed by atoms with Crippen molar-refractivity contribution in [2.75, 3.05) is 39.3 Å². The van der Waals surface area contributed by atoms with E-state index >= 15 is 0 Å². The molecule has 1 aliphatic carbocycles. The first-order valence-electron chi connectivity index (χ1n) is 7.43. The Balaban J connectivity index is 2.13. The highest BCUT2D eigenvalue weighted by molar-refractivity contribution is 4.79. The Morgan fingerprint density at radius 1 is 1.22 bits per heavy atom. The number of aliphatic hydroxyl groups is 2. The molecule has 0 aromatic heterocycles. The van der Waals surface area contributed by atoms with E-state index in [1.165, 1.54) is 12.8 Å². The first-order valence-corrected chi connectivity index (χ1v) is 7.43. The van der Waals surface area contributed by atoms with Gasteiger partial charge in [-0.15, -0.1) is 0 Å². The van der Waals surface area contributed by atoms with Gasteiger partial charge in [0.15, 0.2) is 0 Å². The van der Waals surface area contributed by atoms with Crippen LogP contribution < -0.4 is 5.32 Å². The maximum atomic E-state index is 9.93. The van der Waals surface area contributed by atoms with Gasteiger partial charge in [-0.05, 0) is 44.3 Å². The lowest BCUT2D eigenvalue weighted by Gasteiger charge is -2.23. The summed E-state index contributed by atoms with van der Waals surface area (Å²) in [5.74, 6) is 1.06. The molecule has 0 aromatic carbocycles. The minimum Gasteiger partial charge on any atom is -0.396 e. The molecule has 0 saturated heterocycles. The second-order valence-corrected chi connectivity index (χ2v) is 5.43. The van der Waals surface area contributed by atoms with Crippen LogP contribution in [0.1, 0.15) is 33.1 Å². The van der Waals surface area contributed by atoms with Crippen LogP contribution in [0.25, 0.3) is 0 Å². The number of hydrogen-bond acceptors (Lipinski definition) is 4. The van der Waals surface area contributed by atoms with Crippen LogP contribution in [0.2, 0.25) is 0 Å². The SMILES string of the molecule is CCN(CC)CC(O)CNCC1CCCC1CO. The van der Waals surface area contributed by atoms with Crippen LogP contribution in [0, 0.1) is 11.8 Å². The summed E-state index contributed by atoms with van der Waals surface area (Å²) in [4.78, 5) is 2.23. The molecule has 3 N–H and O–H groups in total. The summed E-state index contributed by atoms with van der Waals surface area (Å²) >= 11 is 0. The molecule has 0 spiro atoms. The Bertz CT molecular complexity index is 210. The highest BCUT2D eigenvalue weighted by atomic mass is 16.3. The summed E-state index contributed by atoms with van der Waals surface area (Å²) in [5.41, 5.74) is 0. The van der Waals surface area contributed by atoms with Crippen LogP contribution in [-0.2, 0) is 0 Å². The highest BCUT2D eigenvalue weighted by Gasteiger charge is 2.26. The zero-order valence-corrected chi connectivity index (χ0v) is 11.9. The van der Waals surface area contributed by atoms with Gasteiger partial charge in [0.1, 0.15) is 0 Å². The van der Waals surface area contributed by atoms with Gasteiger partial charge in [0.25, 0.3) is 0 Å². The van der Waals surface area contributed by atoms with E-state index in [0.29, 0.717) is 25.0 Å². The third-order valence-electron chi connectivity index (χ3n) is 4.20. The maximum Gasteiger partial charge on any atom is 0.0791 e. The van der Waals surface area contributed by atoms with Crippen LogP contribution in [0.3, 0.4) is 0 Å². The van der Waals surface area contributed by atoms with Gasteiger partial charge in [-0.1, -0.05) is 20.3 Å². The molecule has 4 heteroatoms. The maximum absolute atomic E-state index is 9.93. The molecule has 4 nitrogen and oxygen atoms in total. The fourth-order valence-corrected chi connectivity index (χ4v) is 2.90. The van der Waals surface area contributed by atoms with Gasteiger partial charge < -0.3 is 20.4 Å². The van der Waals surface area contributed by atoms with Crippen LogP contribution in [0.4, 0.5) is 0 Å². The molecule has 0 aliphatic heterocycles. The Labute approximate surface area is 111 Å². The Kier molecular flexibility index (Phi) is 7.82. The van der Waals surface area contributed by atoms with Crippen LogP contribution >= 0.6 is 0 Å². The summed E-state index contributed by atoms with van der Waals surface area (Å²) in [6.45, 7) is 8.86. The first kappa shape index (κ1) is 15.9. The molecule has 3 unspecified atom stereocenters. The summed E-state index contributed by atoms with van der Waals surface area (Å²) in [5, 5.41) is 22.5. The highest BCUT2D eigenvalue weighted by Crippen LogP contribution is 2.30. The van der Waals surface area contributed by atoms with E-state index in [2.05, 4.69) is 24.1 Å². The standard InChI is InChI=1S/C14H30N2O2/c1-3-16(4-2)10-14(18)9-15-8-12-6-5-7-13(12)11-17/h12-15,17-18H,3-11H2,1-2H3. The molecule has 0 heterocycles. The lowest BCUT2D eigenvalue weighted by molar-refractivity contribution is 0.114. The molecular weight excluding hydrogens is 228 g/mol. The monoisotopic (exact) mass is 258 g/mol. The van der Waals surface area contributed by atoms with Crippen molar-refractivity contribution >= 4 is 0 Å². The third kappa shape index (κ3) is 5.22. The zero-order chi connectivity index (χ0) is 13.4. The molecule has 1 aliphatic rings. The van der Waals surface area contributed by atoms with Gasteiger partial charge in [-0.25, -0.2) is 0 Å². The lowest BCUT2D eigenvalue weighted by Crippen LogP contribution is -2.39. The quantitative estimate of drug-likeness (QED) is 0.569. The molecule has 0 amide bonds. The van der Waals surface area contributed by atoms with Gasteiger partial charge in [0, 0.05) is 19.7 Å². The van der Waals surface area contributed by atoms with Gasteiger partial charge in [0.05, 0.1) is 6.10 Å². The van der Waals surface area contributed by atoms with Crippen LogP contribution in [-0.4, -0.2) is 60.5 Å². The summed E-state index contributed by atoms with van der Waals surface area (Å²) < 4.78 is 0. The lowest BCUT2D eigenvalue weighted by atomic mass is 9.97. The number of nitrogens with one attached hydrogen (secondary N) is 1. The van der Waals surface area contributed by atoms with E-state index in [1.807, 2.05) is 0 Å². The van der Waals surface area contributed by atoms with Gasteiger partial charge in [0.2, 0.25) is 0 Å². The Morgan fingerprint density at radius 2 is 1.89 bits per heavy atom. The predicted octanol–water partition coefficient (Wildman–Crippen LogP) is 0.687.